The van der Waals surface area contributed by atoms with Gasteiger partial charge in [-0.15, -0.1) is 0 Å². The van der Waals surface area contributed by atoms with Crippen molar-refractivity contribution in [2.75, 3.05) is 13.1 Å². The highest BCUT2D eigenvalue weighted by Gasteiger charge is 2.39. The second kappa shape index (κ2) is 6.46. The Balaban J connectivity index is 2.61. The van der Waals surface area contributed by atoms with E-state index in [1.807, 2.05) is 18.7 Å². The molecule has 1 amide bonds. The Kier molecular flexibility index (Phi) is 5.84. The molecule has 0 saturated carbocycles. The lowest BCUT2D eigenvalue weighted by molar-refractivity contribution is -0.123. The van der Waals surface area contributed by atoms with Gasteiger partial charge in [-0.05, 0) is 18.8 Å². The van der Waals surface area contributed by atoms with Crippen molar-refractivity contribution in [2.24, 2.45) is 5.92 Å². The number of nitrogens with zero attached hydrogens (tertiary/aromatic N) is 1. The van der Waals surface area contributed by atoms with Gasteiger partial charge in [-0.25, -0.2) is 0 Å². The molecular weight excluding hydrogens is 282 g/mol. The van der Waals surface area contributed by atoms with Gasteiger partial charge in [-0.2, -0.15) is 0 Å². The maximum absolute atomic E-state index is 11.8. The first-order chi connectivity index (χ1) is 7.80. The molecule has 0 aromatic heterocycles. The molecule has 1 N–H and O–H groups in total. The summed E-state index contributed by atoms with van der Waals surface area (Å²) >= 11 is 17.8. The van der Waals surface area contributed by atoms with Crippen LogP contribution in [0.4, 0.5) is 0 Å². The molecule has 1 heterocycles. The van der Waals surface area contributed by atoms with Crippen molar-refractivity contribution >= 4 is 40.7 Å². The average molecular weight is 302 g/mol. The van der Waals surface area contributed by atoms with Crippen molar-refractivity contribution in [3.05, 3.63) is 0 Å². The zero-order valence-corrected chi connectivity index (χ0v) is 12.4. The summed E-state index contributed by atoms with van der Waals surface area (Å²) < 4.78 is -1.49. The third kappa shape index (κ3) is 5.21. The van der Waals surface area contributed by atoms with Crippen LogP contribution in [0.5, 0.6) is 0 Å². The molecule has 6 heteroatoms. The minimum absolute atomic E-state index is 0.0665. The van der Waals surface area contributed by atoms with E-state index in [4.69, 9.17) is 34.8 Å². The fourth-order valence-corrected chi connectivity index (χ4v) is 2.54. The molecule has 1 rings (SSSR count). The highest BCUT2D eigenvalue weighted by atomic mass is 35.6. The van der Waals surface area contributed by atoms with Crippen LogP contribution in [0.2, 0.25) is 0 Å². The first-order valence-corrected chi connectivity index (χ1v) is 7.04. The molecule has 0 aromatic carbocycles. The monoisotopic (exact) mass is 300 g/mol. The number of amides is 1. The maximum Gasteiger partial charge on any atom is 0.223 e. The molecule has 0 aliphatic carbocycles. The summed E-state index contributed by atoms with van der Waals surface area (Å²) in [6, 6.07) is 0. The lowest BCUT2D eigenvalue weighted by atomic mass is 10.1. The Hall–Kier alpha value is 0.300. The standard InChI is InChI=1S/C11H19Cl3N2O/c1-8(2)7-9(17)15-10(11(12,13)14)16-5-3-4-6-16/h8,10H,3-7H2,1-2H3,(H,15,17)/t10-/m1/s1. The lowest BCUT2D eigenvalue weighted by Crippen LogP contribution is -2.54. The van der Waals surface area contributed by atoms with Gasteiger partial charge in [0.25, 0.3) is 0 Å². The zero-order valence-electron chi connectivity index (χ0n) is 10.2. The van der Waals surface area contributed by atoms with Gasteiger partial charge in [0.2, 0.25) is 9.70 Å². The van der Waals surface area contributed by atoms with Crippen LogP contribution < -0.4 is 5.32 Å². The number of alkyl halides is 3. The van der Waals surface area contributed by atoms with Gasteiger partial charge in [-0.3, -0.25) is 9.69 Å². The van der Waals surface area contributed by atoms with Crippen molar-refractivity contribution in [1.29, 1.82) is 0 Å². The minimum atomic E-state index is -1.49. The van der Waals surface area contributed by atoms with Gasteiger partial charge in [0.1, 0.15) is 6.17 Å². The lowest BCUT2D eigenvalue weighted by Gasteiger charge is -2.33. The molecular formula is C11H19Cl3N2O. The van der Waals surface area contributed by atoms with Crippen LogP contribution in [0.3, 0.4) is 0 Å². The van der Waals surface area contributed by atoms with E-state index in [0.29, 0.717) is 12.3 Å². The van der Waals surface area contributed by atoms with E-state index >= 15 is 0 Å². The number of halogens is 3. The van der Waals surface area contributed by atoms with E-state index in [1.54, 1.807) is 0 Å². The third-order valence-electron chi connectivity index (χ3n) is 2.71. The number of likely N-dealkylation sites (tertiary alicyclic amines) is 1. The number of hydrogen-bond donors (Lipinski definition) is 1. The molecule has 0 aromatic rings. The Morgan fingerprint density at radius 3 is 2.24 bits per heavy atom. The van der Waals surface area contributed by atoms with Gasteiger partial charge in [0.15, 0.2) is 0 Å². The Morgan fingerprint density at radius 1 is 1.29 bits per heavy atom. The molecule has 0 bridgehead atoms. The third-order valence-corrected chi connectivity index (χ3v) is 3.33. The van der Waals surface area contributed by atoms with Crippen LogP contribution in [-0.2, 0) is 4.79 Å². The number of rotatable bonds is 4. The van der Waals surface area contributed by atoms with E-state index in [2.05, 4.69) is 5.32 Å². The normalized spacial score (nSPS) is 19.6. The summed E-state index contributed by atoms with van der Waals surface area (Å²) in [4.78, 5) is 13.8. The second-order valence-electron chi connectivity index (χ2n) is 4.85. The molecule has 3 nitrogen and oxygen atoms in total. The van der Waals surface area contributed by atoms with E-state index in [9.17, 15) is 4.79 Å². The van der Waals surface area contributed by atoms with Crippen LogP contribution in [-0.4, -0.2) is 33.9 Å². The number of carbonyl (C=O) groups excluding carboxylic acids is 1. The first kappa shape index (κ1) is 15.4. The summed E-state index contributed by atoms with van der Waals surface area (Å²) in [6.07, 6.45) is 2.08. The molecule has 0 spiro atoms. The van der Waals surface area contributed by atoms with Gasteiger partial charge in [0, 0.05) is 19.5 Å². The summed E-state index contributed by atoms with van der Waals surface area (Å²) in [5.41, 5.74) is 0. The van der Waals surface area contributed by atoms with E-state index in [0.717, 1.165) is 25.9 Å². The molecule has 0 unspecified atom stereocenters. The number of nitrogens with one attached hydrogen (secondary N) is 1. The molecule has 100 valence electrons. The van der Waals surface area contributed by atoms with E-state index < -0.39 is 9.96 Å². The molecule has 17 heavy (non-hydrogen) atoms. The van der Waals surface area contributed by atoms with Crippen LogP contribution in [0.15, 0.2) is 0 Å². The molecule has 1 fully saturated rings. The van der Waals surface area contributed by atoms with Crippen molar-refractivity contribution in [3.63, 3.8) is 0 Å². The van der Waals surface area contributed by atoms with Crippen molar-refractivity contribution in [3.8, 4) is 0 Å². The molecule has 1 aliphatic heterocycles. The van der Waals surface area contributed by atoms with Crippen LogP contribution >= 0.6 is 34.8 Å². The van der Waals surface area contributed by atoms with Crippen molar-refractivity contribution < 1.29 is 4.79 Å². The van der Waals surface area contributed by atoms with Gasteiger partial charge in [-0.1, -0.05) is 48.7 Å². The predicted molar refractivity (Wildman–Crippen MR) is 72.5 cm³/mol. The van der Waals surface area contributed by atoms with Crippen molar-refractivity contribution in [2.45, 2.75) is 43.1 Å². The van der Waals surface area contributed by atoms with Crippen LogP contribution in [0.25, 0.3) is 0 Å². The molecule has 1 atom stereocenters. The largest absolute Gasteiger partial charge is 0.337 e. The summed E-state index contributed by atoms with van der Waals surface area (Å²) in [5, 5.41) is 2.82. The Morgan fingerprint density at radius 2 is 1.82 bits per heavy atom. The molecule has 1 saturated heterocycles. The topological polar surface area (TPSA) is 32.3 Å². The van der Waals surface area contributed by atoms with Crippen LogP contribution in [0.1, 0.15) is 33.1 Å². The van der Waals surface area contributed by atoms with E-state index in [1.165, 1.54) is 0 Å². The summed E-state index contributed by atoms with van der Waals surface area (Å²) in [5.74, 6) is 0.229. The highest BCUT2D eigenvalue weighted by molar-refractivity contribution is 6.68. The Bertz CT molecular complexity index is 260. The van der Waals surface area contributed by atoms with Crippen molar-refractivity contribution in [1.82, 2.24) is 10.2 Å². The van der Waals surface area contributed by atoms with E-state index in [-0.39, 0.29) is 5.91 Å². The van der Waals surface area contributed by atoms with Crippen LogP contribution in [0, 0.1) is 5.92 Å². The Labute approximate surface area is 118 Å². The van der Waals surface area contributed by atoms with Gasteiger partial charge < -0.3 is 5.32 Å². The highest BCUT2D eigenvalue weighted by Crippen LogP contribution is 2.33. The molecule has 1 aliphatic rings. The number of hydrogen-bond acceptors (Lipinski definition) is 2. The fraction of sp³-hybridized carbons (Fsp3) is 0.909. The fourth-order valence-electron chi connectivity index (χ4n) is 1.96. The molecule has 0 radical (unpaired) electrons. The quantitative estimate of drug-likeness (QED) is 0.810. The average Bonchev–Trinajstić information content (AvgIpc) is 2.63. The van der Waals surface area contributed by atoms with Gasteiger partial charge >= 0.3 is 0 Å². The summed E-state index contributed by atoms with van der Waals surface area (Å²) in [7, 11) is 0. The predicted octanol–water partition coefficient (Wildman–Crippen LogP) is 2.94. The number of carbonyl (C=O) groups is 1. The smallest absolute Gasteiger partial charge is 0.223 e. The first-order valence-electron chi connectivity index (χ1n) is 5.91. The second-order valence-corrected chi connectivity index (χ2v) is 7.22. The maximum atomic E-state index is 11.8. The van der Waals surface area contributed by atoms with Gasteiger partial charge in [0.05, 0.1) is 0 Å². The SMILES string of the molecule is CC(C)CC(=O)N[C@H](N1CCCC1)C(Cl)(Cl)Cl. The minimum Gasteiger partial charge on any atom is -0.337 e. The zero-order chi connectivity index (χ0) is 13.1. The summed E-state index contributed by atoms with van der Waals surface area (Å²) in [6.45, 7) is 5.70.